The zero-order valence-electron chi connectivity index (χ0n) is 10.0. The second-order valence-corrected chi connectivity index (χ2v) is 4.75. The first-order chi connectivity index (χ1) is 8.27. The van der Waals surface area contributed by atoms with Crippen molar-refractivity contribution in [1.82, 2.24) is 15.5 Å². The lowest BCUT2D eigenvalue weighted by atomic mass is 10.0. The minimum absolute atomic E-state index is 0.161. The minimum Gasteiger partial charge on any atom is -0.396 e. The van der Waals surface area contributed by atoms with E-state index in [0.717, 1.165) is 12.3 Å². The molecule has 0 bridgehead atoms. The van der Waals surface area contributed by atoms with Crippen LogP contribution in [0.1, 0.15) is 49.0 Å². The summed E-state index contributed by atoms with van der Waals surface area (Å²) in [5, 5.41) is 9.18. The molecule has 1 saturated carbocycles. The molecule has 0 saturated heterocycles. The predicted molar refractivity (Wildman–Crippen MR) is 66.5 cm³/mol. The first-order valence-corrected chi connectivity index (χ1v) is 6.34. The van der Waals surface area contributed by atoms with Gasteiger partial charge in [0.25, 0.3) is 5.91 Å². The maximum absolute atomic E-state index is 11.7. The summed E-state index contributed by atoms with van der Waals surface area (Å²) < 4.78 is 0. The number of amides is 1. The van der Waals surface area contributed by atoms with E-state index < -0.39 is 0 Å². The van der Waals surface area contributed by atoms with E-state index in [1.807, 2.05) is 0 Å². The summed E-state index contributed by atoms with van der Waals surface area (Å²) in [6.07, 6.45) is 9.20. The molecule has 0 aromatic carbocycles. The Morgan fingerprint density at radius 1 is 1.53 bits per heavy atom. The molecule has 5 nitrogen and oxygen atoms in total. The average Bonchev–Trinajstić information content (AvgIpc) is 2.95. The molecule has 1 aliphatic carbocycles. The number of nitrogens with zero attached hydrogens (tertiary/aromatic N) is 1. The van der Waals surface area contributed by atoms with Crippen molar-refractivity contribution in [2.45, 2.75) is 38.5 Å². The second-order valence-electron chi connectivity index (χ2n) is 4.75. The van der Waals surface area contributed by atoms with E-state index in [9.17, 15) is 4.79 Å². The Kier molecular flexibility index (Phi) is 4.01. The van der Waals surface area contributed by atoms with Crippen LogP contribution in [0.15, 0.2) is 6.20 Å². The molecule has 1 aromatic heterocycles. The Labute approximate surface area is 101 Å². The Morgan fingerprint density at radius 2 is 2.29 bits per heavy atom. The third kappa shape index (κ3) is 3.22. The Balaban J connectivity index is 1.65. The van der Waals surface area contributed by atoms with Crippen LogP contribution < -0.4 is 11.1 Å². The lowest BCUT2D eigenvalue weighted by molar-refractivity contribution is 0.0948. The van der Waals surface area contributed by atoms with Gasteiger partial charge in [-0.05, 0) is 18.8 Å². The summed E-state index contributed by atoms with van der Waals surface area (Å²) in [5.74, 6) is 0.718. The molecular formula is C12H20N4O. The van der Waals surface area contributed by atoms with Crippen molar-refractivity contribution in [1.29, 1.82) is 0 Å². The van der Waals surface area contributed by atoms with Gasteiger partial charge in [-0.25, -0.2) is 0 Å². The van der Waals surface area contributed by atoms with Crippen molar-refractivity contribution in [3.05, 3.63) is 11.9 Å². The average molecular weight is 236 g/mol. The zero-order valence-corrected chi connectivity index (χ0v) is 10.0. The van der Waals surface area contributed by atoms with E-state index in [2.05, 4.69) is 15.5 Å². The van der Waals surface area contributed by atoms with Crippen molar-refractivity contribution in [2.75, 3.05) is 12.3 Å². The van der Waals surface area contributed by atoms with Gasteiger partial charge in [-0.3, -0.25) is 9.89 Å². The summed E-state index contributed by atoms with van der Waals surface area (Å²) in [6.45, 7) is 0.716. The molecule has 0 spiro atoms. The van der Waals surface area contributed by atoms with Gasteiger partial charge < -0.3 is 11.1 Å². The second kappa shape index (κ2) is 5.70. The lowest BCUT2D eigenvalue weighted by Gasteiger charge is -2.08. The molecule has 0 atom stereocenters. The van der Waals surface area contributed by atoms with Gasteiger partial charge in [-0.2, -0.15) is 5.10 Å². The van der Waals surface area contributed by atoms with Gasteiger partial charge in [0.05, 0.1) is 11.9 Å². The van der Waals surface area contributed by atoms with Gasteiger partial charge in [0, 0.05) is 6.54 Å². The van der Waals surface area contributed by atoms with Crippen LogP contribution >= 0.6 is 0 Å². The third-order valence-corrected chi connectivity index (χ3v) is 3.45. The molecule has 1 aromatic rings. The molecule has 17 heavy (non-hydrogen) atoms. The molecule has 2 rings (SSSR count). The smallest absolute Gasteiger partial charge is 0.271 e. The third-order valence-electron chi connectivity index (χ3n) is 3.45. The number of aromatic amines is 1. The van der Waals surface area contributed by atoms with Crippen molar-refractivity contribution >= 4 is 11.6 Å². The number of rotatable bonds is 5. The maximum atomic E-state index is 11.7. The minimum atomic E-state index is -0.161. The Bertz CT molecular complexity index is 368. The standard InChI is InChI=1S/C12H20N4O/c13-10-8-15-16-11(10)12(17)14-7-3-6-9-4-1-2-5-9/h8-9H,1-7,13H2,(H,14,17)(H,15,16). The number of carbonyl (C=O) groups excluding carboxylic acids is 1. The molecule has 1 aliphatic rings. The number of nitrogens with two attached hydrogens (primary N) is 1. The number of H-pyrrole nitrogens is 1. The van der Waals surface area contributed by atoms with E-state index in [0.29, 0.717) is 17.9 Å². The van der Waals surface area contributed by atoms with Crippen LogP contribution in [0.5, 0.6) is 0 Å². The first kappa shape index (κ1) is 12.0. The monoisotopic (exact) mass is 236 g/mol. The van der Waals surface area contributed by atoms with Crippen LogP contribution in [0.3, 0.4) is 0 Å². The maximum Gasteiger partial charge on any atom is 0.271 e. The van der Waals surface area contributed by atoms with Crippen molar-refractivity contribution < 1.29 is 4.79 Å². The summed E-state index contributed by atoms with van der Waals surface area (Å²) in [6, 6.07) is 0. The molecule has 0 unspecified atom stereocenters. The highest BCUT2D eigenvalue weighted by atomic mass is 16.1. The van der Waals surface area contributed by atoms with Gasteiger partial charge in [0.2, 0.25) is 0 Å². The van der Waals surface area contributed by atoms with Gasteiger partial charge in [0.1, 0.15) is 5.69 Å². The van der Waals surface area contributed by atoms with Gasteiger partial charge >= 0.3 is 0 Å². The summed E-state index contributed by atoms with van der Waals surface area (Å²) in [4.78, 5) is 11.7. The van der Waals surface area contributed by atoms with E-state index in [1.165, 1.54) is 38.3 Å². The normalized spacial score (nSPS) is 16.2. The molecule has 94 valence electrons. The summed E-state index contributed by atoms with van der Waals surface area (Å²) >= 11 is 0. The van der Waals surface area contributed by atoms with Crippen molar-refractivity contribution in [3.8, 4) is 0 Å². The molecule has 4 N–H and O–H groups in total. The van der Waals surface area contributed by atoms with Crippen LogP contribution in [0.25, 0.3) is 0 Å². The number of anilines is 1. The molecule has 1 heterocycles. The fourth-order valence-corrected chi connectivity index (χ4v) is 2.46. The Hall–Kier alpha value is -1.52. The topological polar surface area (TPSA) is 83.8 Å². The first-order valence-electron chi connectivity index (χ1n) is 6.34. The molecule has 1 fully saturated rings. The highest BCUT2D eigenvalue weighted by molar-refractivity contribution is 5.96. The van der Waals surface area contributed by atoms with E-state index in [4.69, 9.17) is 5.73 Å². The SMILES string of the molecule is Nc1cn[nH]c1C(=O)NCCCC1CCCC1. The van der Waals surface area contributed by atoms with Crippen LogP contribution in [-0.4, -0.2) is 22.6 Å². The zero-order chi connectivity index (χ0) is 12.1. The van der Waals surface area contributed by atoms with Gasteiger partial charge in [-0.1, -0.05) is 25.7 Å². The van der Waals surface area contributed by atoms with E-state index in [1.54, 1.807) is 0 Å². The molecule has 5 heteroatoms. The number of aromatic nitrogens is 2. The quantitative estimate of drug-likeness (QED) is 0.680. The van der Waals surface area contributed by atoms with Gasteiger partial charge in [0.15, 0.2) is 0 Å². The van der Waals surface area contributed by atoms with Crippen LogP contribution in [0.4, 0.5) is 5.69 Å². The van der Waals surface area contributed by atoms with Crippen molar-refractivity contribution in [3.63, 3.8) is 0 Å². The predicted octanol–water partition coefficient (Wildman–Crippen LogP) is 1.69. The number of nitrogen functional groups attached to an aromatic ring is 1. The number of carbonyl (C=O) groups is 1. The highest BCUT2D eigenvalue weighted by Gasteiger charge is 2.15. The highest BCUT2D eigenvalue weighted by Crippen LogP contribution is 2.28. The van der Waals surface area contributed by atoms with Crippen LogP contribution in [0.2, 0.25) is 0 Å². The van der Waals surface area contributed by atoms with E-state index in [-0.39, 0.29) is 5.91 Å². The Morgan fingerprint density at radius 3 is 2.94 bits per heavy atom. The fraction of sp³-hybridized carbons (Fsp3) is 0.667. The van der Waals surface area contributed by atoms with Crippen LogP contribution in [0, 0.1) is 5.92 Å². The fourth-order valence-electron chi connectivity index (χ4n) is 2.46. The van der Waals surface area contributed by atoms with Crippen LogP contribution in [-0.2, 0) is 0 Å². The molecular weight excluding hydrogens is 216 g/mol. The number of hydrogen-bond acceptors (Lipinski definition) is 3. The molecule has 0 aliphatic heterocycles. The molecule has 0 radical (unpaired) electrons. The van der Waals surface area contributed by atoms with Gasteiger partial charge in [-0.15, -0.1) is 0 Å². The number of nitrogens with one attached hydrogen (secondary N) is 2. The van der Waals surface area contributed by atoms with Crippen molar-refractivity contribution in [2.24, 2.45) is 5.92 Å². The lowest BCUT2D eigenvalue weighted by Crippen LogP contribution is -2.25. The summed E-state index contributed by atoms with van der Waals surface area (Å²) in [7, 11) is 0. The number of hydrogen-bond donors (Lipinski definition) is 3. The van der Waals surface area contributed by atoms with E-state index >= 15 is 0 Å². The molecule has 1 amide bonds. The largest absolute Gasteiger partial charge is 0.396 e. The summed E-state index contributed by atoms with van der Waals surface area (Å²) in [5.41, 5.74) is 6.36.